The molecule has 6 heteroatoms. The maximum absolute atomic E-state index is 13.1. The number of hydrogen-bond acceptors (Lipinski definition) is 3. The molecule has 0 saturated carbocycles. The first kappa shape index (κ1) is 17.3. The van der Waals surface area contributed by atoms with Crippen LogP contribution in [0.2, 0.25) is 0 Å². The lowest BCUT2D eigenvalue weighted by atomic mass is 10.0. The molecule has 0 saturated heterocycles. The van der Waals surface area contributed by atoms with Gasteiger partial charge in [-0.2, -0.15) is 5.10 Å². The Kier molecular flexibility index (Phi) is 5.03. The zero-order valence-corrected chi connectivity index (χ0v) is 14.0. The normalized spacial score (nSPS) is 11.2. The highest BCUT2D eigenvalue weighted by Crippen LogP contribution is 2.16. The van der Waals surface area contributed by atoms with Crippen LogP contribution < -0.4 is 10.7 Å². The molecule has 2 N–H and O–H groups in total. The second-order valence-corrected chi connectivity index (χ2v) is 5.66. The van der Waals surface area contributed by atoms with Crippen molar-refractivity contribution in [3.8, 4) is 0 Å². The van der Waals surface area contributed by atoms with Crippen LogP contribution in [0.5, 0.6) is 0 Å². The van der Waals surface area contributed by atoms with Crippen molar-refractivity contribution in [1.82, 2.24) is 5.43 Å². The van der Waals surface area contributed by atoms with E-state index < -0.39 is 17.6 Å². The quantitative estimate of drug-likeness (QED) is 0.432. The predicted octanol–water partition coefficient (Wildman–Crippen LogP) is 3.46. The first-order chi connectivity index (χ1) is 12.5. The first-order valence-electron chi connectivity index (χ1n) is 7.93. The monoisotopic (exact) mass is 349 g/mol. The van der Waals surface area contributed by atoms with E-state index >= 15 is 0 Å². The van der Waals surface area contributed by atoms with E-state index in [2.05, 4.69) is 15.8 Å². The van der Waals surface area contributed by atoms with Crippen LogP contribution >= 0.6 is 0 Å². The van der Waals surface area contributed by atoms with E-state index in [4.69, 9.17) is 0 Å². The molecule has 2 amide bonds. The van der Waals surface area contributed by atoms with E-state index in [1.807, 2.05) is 42.5 Å². The molecule has 26 heavy (non-hydrogen) atoms. The van der Waals surface area contributed by atoms with E-state index in [-0.39, 0.29) is 5.69 Å². The summed E-state index contributed by atoms with van der Waals surface area (Å²) >= 11 is 0. The number of halogens is 1. The lowest BCUT2D eigenvalue weighted by Crippen LogP contribution is -2.32. The van der Waals surface area contributed by atoms with Gasteiger partial charge in [-0.25, -0.2) is 9.82 Å². The van der Waals surface area contributed by atoms with Crippen molar-refractivity contribution in [3.05, 3.63) is 78.1 Å². The van der Waals surface area contributed by atoms with Gasteiger partial charge in [0.15, 0.2) is 0 Å². The van der Waals surface area contributed by atoms with E-state index in [1.165, 1.54) is 18.2 Å². The Morgan fingerprint density at radius 1 is 0.885 bits per heavy atom. The molecule has 0 unspecified atom stereocenters. The second kappa shape index (κ2) is 7.57. The summed E-state index contributed by atoms with van der Waals surface area (Å²) in [5.74, 6) is -2.37. The summed E-state index contributed by atoms with van der Waals surface area (Å²) < 4.78 is 13.1. The average molecular weight is 349 g/mol. The molecule has 0 aliphatic heterocycles. The minimum Gasteiger partial charge on any atom is -0.318 e. The van der Waals surface area contributed by atoms with Gasteiger partial charge in [-0.1, -0.05) is 42.5 Å². The lowest BCUT2D eigenvalue weighted by Gasteiger charge is -2.06. The molecule has 0 atom stereocenters. The Morgan fingerprint density at radius 3 is 2.42 bits per heavy atom. The molecule has 0 aliphatic rings. The fraction of sp³-hybridized carbons (Fsp3) is 0.0500. The molecule has 0 aliphatic carbocycles. The molecule has 3 aromatic carbocycles. The lowest BCUT2D eigenvalue weighted by molar-refractivity contribution is -0.136. The van der Waals surface area contributed by atoms with Crippen molar-refractivity contribution in [2.45, 2.75) is 6.92 Å². The summed E-state index contributed by atoms with van der Waals surface area (Å²) in [6.45, 7) is 1.73. The molecule has 5 nitrogen and oxygen atoms in total. The molecule has 3 aromatic rings. The number of fused-ring (bicyclic) bond motifs is 1. The summed E-state index contributed by atoms with van der Waals surface area (Å²) in [4.78, 5) is 23.7. The SMILES string of the molecule is C/C(=N/NC(=O)C(=O)Nc1cccc(F)c1)c1ccc2ccccc2c1. The van der Waals surface area contributed by atoms with Crippen LogP contribution in [0, 0.1) is 5.82 Å². The summed E-state index contributed by atoms with van der Waals surface area (Å²) in [5, 5.41) is 8.42. The zero-order chi connectivity index (χ0) is 18.5. The topological polar surface area (TPSA) is 70.6 Å². The Balaban J connectivity index is 1.67. The van der Waals surface area contributed by atoms with Crippen molar-refractivity contribution in [3.63, 3.8) is 0 Å². The van der Waals surface area contributed by atoms with Gasteiger partial charge in [-0.05, 0) is 47.5 Å². The highest BCUT2D eigenvalue weighted by Gasteiger charge is 2.13. The van der Waals surface area contributed by atoms with Crippen LogP contribution in [0.15, 0.2) is 71.8 Å². The van der Waals surface area contributed by atoms with Gasteiger partial charge in [0.05, 0.1) is 5.71 Å². The van der Waals surface area contributed by atoms with Crippen molar-refractivity contribution < 1.29 is 14.0 Å². The number of carbonyl (C=O) groups is 2. The number of nitrogens with one attached hydrogen (secondary N) is 2. The van der Waals surface area contributed by atoms with Gasteiger partial charge in [0.2, 0.25) is 0 Å². The minimum atomic E-state index is -0.936. The van der Waals surface area contributed by atoms with Crippen LogP contribution in [-0.4, -0.2) is 17.5 Å². The second-order valence-electron chi connectivity index (χ2n) is 5.66. The first-order valence-corrected chi connectivity index (χ1v) is 7.93. The number of hydrogen-bond donors (Lipinski definition) is 2. The van der Waals surface area contributed by atoms with E-state index in [0.717, 1.165) is 22.4 Å². The number of rotatable bonds is 3. The van der Waals surface area contributed by atoms with E-state index in [9.17, 15) is 14.0 Å². The van der Waals surface area contributed by atoms with Crippen LogP contribution in [0.1, 0.15) is 12.5 Å². The third-order valence-corrected chi connectivity index (χ3v) is 3.78. The van der Waals surface area contributed by atoms with E-state index in [0.29, 0.717) is 5.71 Å². The largest absolute Gasteiger partial charge is 0.329 e. The molecule has 0 heterocycles. The van der Waals surface area contributed by atoms with Gasteiger partial charge in [-0.15, -0.1) is 0 Å². The van der Waals surface area contributed by atoms with Crippen molar-refractivity contribution in [1.29, 1.82) is 0 Å². The van der Waals surface area contributed by atoms with Crippen LogP contribution in [0.4, 0.5) is 10.1 Å². The molecule has 0 spiro atoms. The molecule has 130 valence electrons. The Morgan fingerprint density at radius 2 is 1.65 bits per heavy atom. The highest BCUT2D eigenvalue weighted by molar-refractivity contribution is 6.39. The van der Waals surface area contributed by atoms with Crippen molar-refractivity contribution >= 4 is 34.0 Å². The van der Waals surface area contributed by atoms with Gasteiger partial charge in [0, 0.05) is 5.69 Å². The molecule has 0 radical (unpaired) electrons. The fourth-order valence-corrected chi connectivity index (χ4v) is 2.42. The van der Waals surface area contributed by atoms with E-state index in [1.54, 1.807) is 6.92 Å². The van der Waals surface area contributed by atoms with Gasteiger partial charge in [0.1, 0.15) is 5.82 Å². The minimum absolute atomic E-state index is 0.195. The third-order valence-electron chi connectivity index (χ3n) is 3.78. The molecule has 3 rings (SSSR count). The molecular formula is C20H16FN3O2. The Labute approximate surface area is 149 Å². The van der Waals surface area contributed by atoms with Gasteiger partial charge >= 0.3 is 11.8 Å². The number of carbonyl (C=O) groups excluding carboxylic acids is 2. The maximum Gasteiger partial charge on any atom is 0.329 e. The van der Waals surface area contributed by atoms with Gasteiger partial charge < -0.3 is 5.32 Å². The third kappa shape index (κ3) is 4.10. The Bertz CT molecular complexity index is 1010. The smallest absolute Gasteiger partial charge is 0.318 e. The molecular weight excluding hydrogens is 333 g/mol. The number of nitrogens with zero attached hydrogens (tertiary/aromatic N) is 1. The van der Waals surface area contributed by atoms with Crippen LogP contribution in [0.3, 0.4) is 0 Å². The number of amides is 2. The van der Waals surface area contributed by atoms with Crippen molar-refractivity contribution in [2.24, 2.45) is 5.10 Å². The zero-order valence-electron chi connectivity index (χ0n) is 14.0. The summed E-state index contributed by atoms with van der Waals surface area (Å²) in [6.07, 6.45) is 0. The fourth-order valence-electron chi connectivity index (χ4n) is 2.42. The highest BCUT2D eigenvalue weighted by atomic mass is 19.1. The van der Waals surface area contributed by atoms with Gasteiger partial charge in [0.25, 0.3) is 0 Å². The molecule has 0 aromatic heterocycles. The Hall–Kier alpha value is -3.54. The molecule has 0 fully saturated rings. The van der Waals surface area contributed by atoms with Crippen LogP contribution in [-0.2, 0) is 9.59 Å². The summed E-state index contributed by atoms with van der Waals surface area (Å²) in [6, 6.07) is 19.0. The van der Waals surface area contributed by atoms with Crippen molar-refractivity contribution in [2.75, 3.05) is 5.32 Å². The average Bonchev–Trinajstić information content (AvgIpc) is 2.65. The standard InChI is InChI=1S/C20H16FN3O2/c1-13(15-10-9-14-5-2-3-6-16(14)11-15)23-24-20(26)19(25)22-18-8-4-7-17(21)12-18/h2-12H,1H3,(H,22,25)(H,24,26)/b23-13-. The number of anilines is 1. The molecule has 0 bridgehead atoms. The predicted molar refractivity (Wildman–Crippen MR) is 99.3 cm³/mol. The van der Waals surface area contributed by atoms with Crippen LogP contribution in [0.25, 0.3) is 10.8 Å². The summed E-state index contributed by atoms with van der Waals surface area (Å²) in [7, 11) is 0. The van der Waals surface area contributed by atoms with Gasteiger partial charge in [-0.3, -0.25) is 9.59 Å². The number of benzene rings is 3. The maximum atomic E-state index is 13.1. The number of hydrazone groups is 1. The summed E-state index contributed by atoms with van der Waals surface area (Å²) in [5.41, 5.74) is 3.79.